The van der Waals surface area contributed by atoms with Crippen LogP contribution < -0.4 is 21.4 Å². The minimum absolute atomic E-state index is 0.529. The number of benzene rings is 2. The van der Waals surface area contributed by atoms with E-state index in [1.54, 1.807) is 0 Å². The third-order valence-electron chi connectivity index (χ3n) is 8.57. The summed E-state index contributed by atoms with van der Waals surface area (Å²) < 4.78 is 0. The molecule has 6 nitrogen and oxygen atoms in total. The number of aliphatic imine (C=N–C) groups is 2. The predicted octanol–water partition coefficient (Wildman–Crippen LogP) is 4.29. The van der Waals surface area contributed by atoms with Crippen LogP contribution in [0.25, 0.3) is 22.5 Å². The standard InChI is InChI=1S/C38H30N6/c1-19-11-21(3)33(22(4)12-19)35-29-9-7-27(41-29)32-16-26(18-40)38(44-32)36(34-23(5)13-20(2)14-24(34)6)30-10-8-28(42-30)31-15-25(17-39)37(35)43-31/h7-16,43-44H,1-6H3. The highest BCUT2D eigenvalue weighted by molar-refractivity contribution is 6.33. The number of hydrogen-bond donors (Lipinski definition) is 2. The van der Waals surface area contributed by atoms with E-state index in [1.807, 2.05) is 36.4 Å². The summed E-state index contributed by atoms with van der Waals surface area (Å²) in [5, 5.41) is 23.6. The monoisotopic (exact) mass is 570 g/mol. The molecule has 5 heterocycles. The van der Waals surface area contributed by atoms with E-state index < -0.39 is 0 Å². The molecule has 0 saturated heterocycles. The van der Waals surface area contributed by atoms with Crippen molar-refractivity contribution in [2.24, 2.45) is 9.98 Å². The molecule has 0 fully saturated rings. The molecule has 0 aliphatic carbocycles. The number of aromatic amines is 2. The van der Waals surface area contributed by atoms with Crippen LogP contribution in [-0.2, 0) is 0 Å². The maximum absolute atomic E-state index is 10.3. The number of aryl methyl sites for hydroxylation is 6. The fraction of sp³-hybridized carbons (Fsp3) is 0.158. The van der Waals surface area contributed by atoms with E-state index in [-0.39, 0.29) is 0 Å². The van der Waals surface area contributed by atoms with Crippen molar-refractivity contribution in [2.45, 2.75) is 41.5 Å². The van der Waals surface area contributed by atoms with Gasteiger partial charge in [-0.3, -0.25) is 0 Å². The molecule has 2 aromatic carbocycles. The summed E-state index contributed by atoms with van der Waals surface area (Å²) in [6, 6.07) is 17.2. The fourth-order valence-corrected chi connectivity index (χ4v) is 6.97. The number of rotatable bonds is 2. The Morgan fingerprint density at radius 1 is 0.523 bits per heavy atom. The van der Waals surface area contributed by atoms with Crippen molar-refractivity contribution < 1.29 is 0 Å². The lowest BCUT2D eigenvalue weighted by Crippen LogP contribution is -2.22. The van der Waals surface area contributed by atoms with E-state index in [0.717, 1.165) is 78.0 Å². The van der Waals surface area contributed by atoms with E-state index in [1.165, 1.54) is 11.1 Å². The molecule has 0 unspecified atom stereocenters. The minimum atomic E-state index is 0.529. The summed E-state index contributed by atoms with van der Waals surface area (Å²) in [6.07, 6.45) is 7.94. The lowest BCUT2D eigenvalue weighted by Gasteiger charge is -2.15. The van der Waals surface area contributed by atoms with Gasteiger partial charge in [0, 0.05) is 11.1 Å². The summed E-state index contributed by atoms with van der Waals surface area (Å²) in [6.45, 7) is 12.6. The van der Waals surface area contributed by atoms with Crippen molar-refractivity contribution in [3.8, 4) is 12.1 Å². The maximum Gasteiger partial charge on any atom is 0.101 e. The van der Waals surface area contributed by atoms with Crippen molar-refractivity contribution in [1.29, 1.82) is 10.5 Å². The molecule has 0 atom stereocenters. The Balaban J connectivity index is 1.69. The molecule has 7 rings (SSSR count). The summed E-state index contributed by atoms with van der Waals surface area (Å²) in [7, 11) is 0. The van der Waals surface area contributed by atoms with Gasteiger partial charge in [0.15, 0.2) is 0 Å². The van der Waals surface area contributed by atoms with Crippen LogP contribution in [0.3, 0.4) is 0 Å². The van der Waals surface area contributed by atoms with Crippen molar-refractivity contribution >= 4 is 34.0 Å². The minimum Gasteiger partial charge on any atom is -0.352 e. The van der Waals surface area contributed by atoms with Gasteiger partial charge in [0.2, 0.25) is 0 Å². The zero-order valence-corrected chi connectivity index (χ0v) is 25.6. The van der Waals surface area contributed by atoms with Gasteiger partial charge in [-0.15, -0.1) is 0 Å². The molecule has 44 heavy (non-hydrogen) atoms. The number of nitrogens with zero attached hydrogens (tertiary/aromatic N) is 4. The van der Waals surface area contributed by atoms with Gasteiger partial charge >= 0.3 is 0 Å². The van der Waals surface area contributed by atoms with Crippen LogP contribution in [0, 0.1) is 64.2 Å². The van der Waals surface area contributed by atoms with E-state index in [9.17, 15) is 10.5 Å². The van der Waals surface area contributed by atoms with Gasteiger partial charge in [-0.2, -0.15) is 10.5 Å². The summed E-state index contributed by atoms with van der Waals surface area (Å²) in [5.74, 6) is 0. The lowest BCUT2D eigenvalue weighted by atomic mass is 9.90. The SMILES string of the molecule is Cc1cc(C)c(C2=c3[nH]c(cc3C#N)=C3C=CC(=N3)C(c3c(C)cc(C)cc3C)=c3[nH]c(cc3C#N)=C3C=CC2=N3)c(C)c1. The van der Waals surface area contributed by atoms with Crippen LogP contribution in [0.5, 0.6) is 0 Å². The van der Waals surface area contributed by atoms with Crippen LogP contribution >= 0.6 is 0 Å². The van der Waals surface area contributed by atoms with Gasteiger partial charge in [-0.25, -0.2) is 9.98 Å². The second-order valence-corrected chi connectivity index (χ2v) is 11.9. The molecule has 8 bridgehead atoms. The zero-order chi connectivity index (χ0) is 30.9. The molecule has 3 aliphatic heterocycles. The number of H-pyrrole nitrogens is 2. The molecule has 2 N–H and O–H groups in total. The van der Waals surface area contributed by atoms with Crippen LogP contribution in [0.4, 0.5) is 0 Å². The van der Waals surface area contributed by atoms with Gasteiger partial charge < -0.3 is 9.97 Å². The molecule has 0 saturated carbocycles. The Labute approximate surface area is 255 Å². The topological polar surface area (TPSA) is 104 Å². The Morgan fingerprint density at radius 2 is 0.886 bits per heavy atom. The molecule has 4 aromatic rings. The molecular formula is C38H30N6. The van der Waals surface area contributed by atoms with Gasteiger partial charge in [0.05, 0.1) is 55.3 Å². The molecule has 2 aromatic heterocycles. The first-order valence-electron chi connectivity index (χ1n) is 14.6. The quantitative estimate of drug-likeness (QED) is 0.376. The van der Waals surface area contributed by atoms with Crippen molar-refractivity contribution in [3.63, 3.8) is 0 Å². The number of fused-ring (bicyclic) bond motifs is 6. The van der Waals surface area contributed by atoms with Crippen molar-refractivity contribution in [2.75, 3.05) is 0 Å². The zero-order valence-electron chi connectivity index (χ0n) is 25.6. The fourth-order valence-electron chi connectivity index (χ4n) is 6.97. The number of nitriles is 2. The first kappa shape index (κ1) is 27.1. The molecule has 0 radical (unpaired) electrons. The summed E-state index contributed by atoms with van der Waals surface area (Å²) >= 11 is 0. The first-order chi connectivity index (χ1) is 21.2. The summed E-state index contributed by atoms with van der Waals surface area (Å²) in [5.41, 5.74) is 14.6. The third kappa shape index (κ3) is 4.15. The number of aromatic nitrogens is 2. The Morgan fingerprint density at radius 3 is 1.23 bits per heavy atom. The maximum atomic E-state index is 10.3. The Bertz CT molecular complexity index is 2230. The molecular weight excluding hydrogens is 540 g/mol. The largest absolute Gasteiger partial charge is 0.352 e. The molecule has 0 spiro atoms. The van der Waals surface area contributed by atoms with Crippen molar-refractivity contribution in [1.82, 2.24) is 9.97 Å². The number of hydrogen-bond acceptors (Lipinski definition) is 4. The number of nitrogens with one attached hydrogen (secondary N) is 2. The second-order valence-electron chi connectivity index (χ2n) is 11.9. The van der Waals surface area contributed by atoms with Crippen LogP contribution in [0.1, 0.15) is 55.6 Å². The second kappa shape index (κ2) is 9.93. The van der Waals surface area contributed by atoms with Gasteiger partial charge in [0.1, 0.15) is 12.1 Å². The molecule has 212 valence electrons. The first-order valence-corrected chi connectivity index (χ1v) is 14.6. The average Bonchev–Trinajstić information content (AvgIpc) is 3.77. The molecule has 3 aliphatic rings. The number of allylic oxidation sites excluding steroid dienone is 2. The Hall–Kier alpha value is -5.72. The van der Waals surface area contributed by atoms with Crippen LogP contribution in [-0.4, -0.2) is 21.4 Å². The molecule has 0 amide bonds. The predicted molar refractivity (Wildman–Crippen MR) is 176 cm³/mol. The lowest BCUT2D eigenvalue weighted by molar-refractivity contribution is 1.22. The Kier molecular flexibility index (Phi) is 6.13. The van der Waals surface area contributed by atoms with Crippen LogP contribution in [0.2, 0.25) is 0 Å². The third-order valence-corrected chi connectivity index (χ3v) is 8.57. The van der Waals surface area contributed by atoms with E-state index in [4.69, 9.17) is 9.98 Å². The highest BCUT2D eigenvalue weighted by Crippen LogP contribution is 2.29. The van der Waals surface area contributed by atoms with E-state index in [2.05, 4.69) is 87.9 Å². The molecule has 6 heteroatoms. The average molecular weight is 571 g/mol. The smallest absolute Gasteiger partial charge is 0.101 e. The van der Waals surface area contributed by atoms with Crippen molar-refractivity contribution in [3.05, 3.63) is 138 Å². The highest BCUT2D eigenvalue weighted by atomic mass is 14.9. The van der Waals surface area contributed by atoms with Gasteiger partial charge in [-0.05, 0) is 111 Å². The van der Waals surface area contributed by atoms with Crippen LogP contribution in [0.15, 0.2) is 70.7 Å². The highest BCUT2D eigenvalue weighted by Gasteiger charge is 2.24. The normalized spacial score (nSPS) is 14.9. The van der Waals surface area contributed by atoms with Gasteiger partial charge in [-0.1, -0.05) is 35.4 Å². The van der Waals surface area contributed by atoms with E-state index in [0.29, 0.717) is 21.8 Å². The van der Waals surface area contributed by atoms with Gasteiger partial charge in [0.25, 0.3) is 0 Å². The summed E-state index contributed by atoms with van der Waals surface area (Å²) in [4.78, 5) is 17.4. The van der Waals surface area contributed by atoms with E-state index >= 15 is 0 Å².